The van der Waals surface area contributed by atoms with Gasteiger partial charge in [-0.3, -0.25) is 9.80 Å². The molecule has 138 valence electrons. The van der Waals surface area contributed by atoms with E-state index in [1.165, 1.54) is 84.0 Å². The number of piperazine rings is 1. The zero-order valence-electron chi connectivity index (χ0n) is 16.5. The Morgan fingerprint density at radius 2 is 1.23 bits per heavy atom. The first-order chi connectivity index (χ1) is 12.3. The summed E-state index contributed by atoms with van der Waals surface area (Å²) in [5.41, 5.74) is 1.06. The summed E-state index contributed by atoms with van der Waals surface area (Å²) in [7, 11) is 0. The van der Waals surface area contributed by atoms with Crippen molar-refractivity contribution < 1.29 is 34.7 Å². The largest absolute Gasteiger partial charge is 1.00 e. The SMILES string of the molecule is [Na+].[O-]c1ccccc1C1CCC(N2CCN(C3CCCCC3)CC2)CC1. The normalized spacial score (nSPS) is 29.2. The van der Waals surface area contributed by atoms with Gasteiger partial charge in [0.25, 0.3) is 0 Å². The first-order valence-electron chi connectivity index (χ1n) is 10.6. The van der Waals surface area contributed by atoms with E-state index in [1.54, 1.807) is 6.07 Å². The standard InChI is InChI=1S/C22H34N2O.Na/c25-22-9-5-4-8-21(22)18-10-12-20(13-11-18)24-16-14-23(15-17-24)19-6-2-1-3-7-19;/h4-5,8-9,18-20,25H,1-3,6-7,10-17H2;/q;+1/p-1. The average Bonchev–Trinajstić information content (AvgIpc) is 2.69. The second kappa shape index (κ2) is 9.93. The number of nitrogens with zero attached hydrogens (tertiary/aromatic N) is 2. The molecule has 0 unspecified atom stereocenters. The summed E-state index contributed by atoms with van der Waals surface area (Å²) in [5, 5.41) is 12.1. The van der Waals surface area contributed by atoms with E-state index in [0.29, 0.717) is 5.92 Å². The molecule has 0 aromatic heterocycles. The van der Waals surface area contributed by atoms with Gasteiger partial charge in [0.1, 0.15) is 0 Å². The van der Waals surface area contributed by atoms with Gasteiger partial charge in [-0.25, -0.2) is 0 Å². The van der Waals surface area contributed by atoms with Gasteiger partial charge in [-0.2, -0.15) is 0 Å². The van der Waals surface area contributed by atoms with Crippen LogP contribution in [0, 0.1) is 0 Å². The van der Waals surface area contributed by atoms with E-state index in [0.717, 1.165) is 17.6 Å². The molecule has 0 amide bonds. The van der Waals surface area contributed by atoms with E-state index in [9.17, 15) is 5.11 Å². The Labute approximate surface area is 181 Å². The van der Waals surface area contributed by atoms with Crippen molar-refractivity contribution in [1.82, 2.24) is 9.80 Å². The first kappa shape index (κ1) is 20.7. The molecular formula is C22H33N2NaO. The van der Waals surface area contributed by atoms with Crippen LogP contribution in [0.2, 0.25) is 0 Å². The van der Waals surface area contributed by atoms with Crippen molar-refractivity contribution in [3.63, 3.8) is 0 Å². The predicted molar refractivity (Wildman–Crippen MR) is 101 cm³/mol. The van der Waals surface area contributed by atoms with Gasteiger partial charge in [-0.05, 0) is 44.4 Å². The van der Waals surface area contributed by atoms with E-state index in [4.69, 9.17) is 0 Å². The Morgan fingerprint density at radius 1 is 0.692 bits per heavy atom. The van der Waals surface area contributed by atoms with Gasteiger partial charge in [0, 0.05) is 38.3 Å². The van der Waals surface area contributed by atoms with E-state index >= 15 is 0 Å². The molecule has 1 aromatic rings. The third-order valence-corrected chi connectivity index (χ3v) is 7.01. The molecule has 4 heteroatoms. The van der Waals surface area contributed by atoms with Gasteiger partial charge in [0.05, 0.1) is 0 Å². The third kappa shape index (κ3) is 4.86. The Bertz CT molecular complexity index is 545. The van der Waals surface area contributed by atoms with E-state index in [1.807, 2.05) is 12.1 Å². The van der Waals surface area contributed by atoms with Crippen LogP contribution in [-0.4, -0.2) is 48.1 Å². The van der Waals surface area contributed by atoms with Crippen LogP contribution >= 0.6 is 0 Å². The zero-order valence-corrected chi connectivity index (χ0v) is 18.5. The second-order valence-electron chi connectivity index (χ2n) is 8.41. The van der Waals surface area contributed by atoms with Gasteiger partial charge in [-0.15, -0.1) is 5.75 Å². The fraction of sp³-hybridized carbons (Fsp3) is 0.727. The molecular weight excluding hydrogens is 331 g/mol. The summed E-state index contributed by atoms with van der Waals surface area (Å²) >= 11 is 0. The number of benzene rings is 1. The molecule has 1 aliphatic heterocycles. The Morgan fingerprint density at radius 3 is 1.81 bits per heavy atom. The fourth-order valence-corrected chi connectivity index (χ4v) is 5.48. The van der Waals surface area contributed by atoms with E-state index in [-0.39, 0.29) is 35.3 Å². The van der Waals surface area contributed by atoms with Crippen LogP contribution < -0.4 is 34.7 Å². The molecule has 3 fully saturated rings. The summed E-state index contributed by atoms with van der Waals surface area (Å²) in [6, 6.07) is 9.29. The average molecular weight is 365 g/mol. The fourth-order valence-electron chi connectivity index (χ4n) is 5.48. The molecule has 1 aromatic carbocycles. The van der Waals surface area contributed by atoms with Crippen LogP contribution in [0.4, 0.5) is 0 Å². The van der Waals surface area contributed by atoms with Crippen LogP contribution in [0.1, 0.15) is 69.3 Å². The maximum atomic E-state index is 12.1. The zero-order chi connectivity index (χ0) is 17.1. The Hall–Kier alpha value is -0.0600. The van der Waals surface area contributed by atoms with Crippen LogP contribution in [-0.2, 0) is 0 Å². The quantitative estimate of drug-likeness (QED) is 0.741. The number of hydrogen-bond acceptors (Lipinski definition) is 3. The minimum Gasteiger partial charge on any atom is -0.872 e. The number of hydrogen-bond donors (Lipinski definition) is 0. The van der Waals surface area contributed by atoms with Crippen molar-refractivity contribution in [3.8, 4) is 5.75 Å². The Balaban J connectivity index is 0.00000196. The summed E-state index contributed by atoms with van der Waals surface area (Å²) in [6.07, 6.45) is 12.1. The van der Waals surface area contributed by atoms with Gasteiger partial charge < -0.3 is 5.11 Å². The minimum absolute atomic E-state index is 0. The maximum absolute atomic E-state index is 12.1. The van der Waals surface area contributed by atoms with Crippen LogP contribution in [0.15, 0.2) is 24.3 Å². The molecule has 4 rings (SSSR count). The van der Waals surface area contributed by atoms with Gasteiger partial charge >= 0.3 is 29.6 Å². The summed E-state index contributed by atoms with van der Waals surface area (Å²) < 4.78 is 0. The smallest absolute Gasteiger partial charge is 0.872 e. The van der Waals surface area contributed by atoms with Crippen LogP contribution in [0.3, 0.4) is 0 Å². The van der Waals surface area contributed by atoms with Gasteiger partial charge in [0.2, 0.25) is 0 Å². The summed E-state index contributed by atoms with van der Waals surface area (Å²) in [4.78, 5) is 5.52. The van der Waals surface area contributed by atoms with Crippen molar-refractivity contribution in [1.29, 1.82) is 0 Å². The van der Waals surface area contributed by atoms with E-state index in [2.05, 4.69) is 15.9 Å². The van der Waals surface area contributed by atoms with Crippen LogP contribution in [0.5, 0.6) is 5.75 Å². The number of rotatable bonds is 3. The van der Waals surface area contributed by atoms with Crippen molar-refractivity contribution in [2.75, 3.05) is 26.2 Å². The molecule has 26 heavy (non-hydrogen) atoms. The predicted octanol–water partition coefficient (Wildman–Crippen LogP) is 0.741. The third-order valence-electron chi connectivity index (χ3n) is 7.01. The van der Waals surface area contributed by atoms with Gasteiger partial charge in [-0.1, -0.05) is 49.1 Å². The monoisotopic (exact) mass is 364 g/mol. The van der Waals surface area contributed by atoms with E-state index < -0.39 is 0 Å². The maximum Gasteiger partial charge on any atom is 1.00 e. The molecule has 1 heterocycles. The van der Waals surface area contributed by atoms with Crippen LogP contribution in [0.25, 0.3) is 0 Å². The molecule has 0 radical (unpaired) electrons. The van der Waals surface area contributed by atoms with Crippen molar-refractivity contribution in [2.24, 2.45) is 0 Å². The van der Waals surface area contributed by atoms with Gasteiger partial charge in [0.15, 0.2) is 0 Å². The minimum atomic E-state index is 0. The topological polar surface area (TPSA) is 29.5 Å². The molecule has 3 aliphatic rings. The van der Waals surface area contributed by atoms with Crippen molar-refractivity contribution >= 4 is 0 Å². The molecule has 3 nitrogen and oxygen atoms in total. The Kier molecular flexibility index (Phi) is 7.89. The summed E-state index contributed by atoms with van der Waals surface area (Å²) in [5.74, 6) is 0.737. The number of para-hydroxylation sites is 1. The first-order valence-corrected chi connectivity index (χ1v) is 10.6. The molecule has 0 N–H and O–H groups in total. The molecule has 1 saturated heterocycles. The second-order valence-corrected chi connectivity index (χ2v) is 8.41. The molecule has 2 saturated carbocycles. The molecule has 0 bridgehead atoms. The molecule has 0 spiro atoms. The summed E-state index contributed by atoms with van der Waals surface area (Å²) in [6.45, 7) is 5.05. The van der Waals surface area contributed by atoms with Crippen molar-refractivity contribution in [2.45, 2.75) is 75.8 Å². The molecule has 0 atom stereocenters. The van der Waals surface area contributed by atoms with Crippen molar-refractivity contribution in [3.05, 3.63) is 29.8 Å². The molecule has 2 aliphatic carbocycles.